The maximum atomic E-state index is 13.9. The smallest absolute Gasteiger partial charge is 0.315 e. The summed E-state index contributed by atoms with van der Waals surface area (Å²) in [6.45, 7) is 12.0. The SMILES string of the molecule is NCCOCCOCCOCCNC(=O)NC(CCC(=O)CCCOCCOCCOCCOCc1ccc(COc2nc(N)nc3[nH]cnc23)cc1)(CCC(=O)NCCOCCOCCOCCOCc1ccc(COc2nc(N)nc3c2N=CC3)cc1)CCC(=O)NCCOCCOCCOCCOCc1ccc(COc2nc(N)nc3[nH]cnc23)cc1. The average molecular weight is 1750 g/mol. The number of H-pyrrole nitrogens is 2. The number of imidazole rings is 2. The summed E-state index contributed by atoms with van der Waals surface area (Å²) in [5.74, 6) is 0.591. The van der Waals surface area contributed by atoms with Gasteiger partial charge in [-0.05, 0) is 59.1 Å². The first-order valence-electron chi connectivity index (χ1n) is 42.1. The van der Waals surface area contributed by atoms with Crippen LogP contribution in [0.25, 0.3) is 22.3 Å². The molecule has 1 aliphatic heterocycles. The number of aromatic amines is 2. The molecule has 0 spiro atoms. The van der Waals surface area contributed by atoms with Crippen LogP contribution in [0.1, 0.15) is 90.4 Å². The quantitative estimate of drug-likeness (QED) is 0.0232. The molecule has 0 fully saturated rings. The van der Waals surface area contributed by atoms with Crippen LogP contribution >= 0.6 is 0 Å². The molecule has 41 nitrogen and oxygen atoms in total. The minimum absolute atomic E-state index is 0.0415. The largest absolute Gasteiger partial charge is 0.471 e. The molecule has 41 heteroatoms. The van der Waals surface area contributed by atoms with Crippen LogP contribution < -0.4 is 58.4 Å². The van der Waals surface area contributed by atoms with E-state index in [2.05, 4.69) is 76.1 Å². The molecule has 6 heterocycles. The molecular formula is C84H121N19O22. The van der Waals surface area contributed by atoms with E-state index in [1.807, 2.05) is 72.8 Å². The number of fused-ring (bicyclic) bond motifs is 3. The Hall–Kier alpha value is -10.5. The van der Waals surface area contributed by atoms with Crippen molar-refractivity contribution in [2.75, 3.05) is 222 Å². The fourth-order valence-electron chi connectivity index (χ4n) is 12.1. The number of nitrogens with one attached hydrogen (secondary N) is 6. The van der Waals surface area contributed by atoms with E-state index in [-0.39, 0.29) is 153 Å². The van der Waals surface area contributed by atoms with Gasteiger partial charge in [0.25, 0.3) is 0 Å². The highest BCUT2D eigenvalue weighted by Gasteiger charge is 2.34. The number of carbonyl (C=O) groups excluding carboxylic acids is 4. The second-order valence-electron chi connectivity index (χ2n) is 28.3. The number of amides is 4. The number of urea groups is 1. The molecule has 9 rings (SSSR count). The number of aliphatic imine (C=N–C) groups is 1. The van der Waals surface area contributed by atoms with E-state index < -0.39 is 11.6 Å². The minimum atomic E-state index is -1.19. The number of hydrogen-bond acceptors (Lipinski definition) is 35. The van der Waals surface area contributed by atoms with Gasteiger partial charge in [0, 0.05) is 76.6 Å². The fraction of sp³-hybridized carbons (Fsp3) is 0.560. The third-order valence-electron chi connectivity index (χ3n) is 18.7. The van der Waals surface area contributed by atoms with E-state index in [0.29, 0.717) is 230 Å². The van der Waals surface area contributed by atoms with Crippen LogP contribution in [0.3, 0.4) is 0 Å². The Morgan fingerprint density at radius 2 is 0.688 bits per heavy atom. The van der Waals surface area contributed by atoms with Gasteiger partial charge in [0.05, 0.1) is 210 Å². The summed E-state index contributed by atoms with van der Waals surface area (Å²) >= 11 is 0. The Balaban J connectivity index is 0.644. The number of rotatable bonds is 73. The lowest BCUT2D eigenvalue weighted by molar-refractivity contribution is -0.121. The lowest BCUT2D eigenvalue weighted by Crippen LogP contribution is -2.53. The highest BCUT2D eigenvalue weighted by molar-refractivity contribution is 5.81. The van der Waals surface area contributed by atoms with Gasteiger partial charge in [-0.1, -0.05) is 72.8 Å². The summed E-state index contributed by atoms with van der Waals surface area (Å²) in [4.78, 5) is 98.3. The van der Waals surface area contributed by atoms with Gasteiger partial charge < -0.3 is 139 Å². The van der Waals surface area contributed by atoms with E-state index in [4.69, 9.17) is 108 Å². The lowest BCUT2D eigenvalue weighted by atomic mass is 9.82. The summed E-state index contributed by atoms with van der Waals surface area (Å²) in [7, 11) is 0. The number of hydrogen-bond donors (Lipinski definition) is 10. The maximum Gasteiger partial charge on any atom is 0.315 e. The molecule has 3 aromatic carbocycles. The molecule has 14 N–H and O–H groups in total. The molecule has 5 aromatic heterocycles. The van der Waals surface area contributed by atoms with Crippen molar-refractivity contribution in [2.45, 2.75) is 103 Å². The number of ether oxygens (including phenoxy) is 18. The zero-order chi connectivity index (χ0) is 87.7. The van der Waals surface area contributed by atoms with Crippen molar-refractivity contribution >= 4 is 75.7 Å². The first-order valence-corrected chi connectivity index (χ1v) is 42.1. The molecule has 4 amide bonds. The molecule has 0 saturated carbocycles. The number of aromatic nitrogens is 10. The summed E-state index contributed by atoms with van der Waals surface area (Å²) in [6, 6.07) is 23.0. The normalized spacial score (nSPS) is 12.3. The third-order valence-corrected chi connectivity index (χ3v) is 18.7. The first-order chi connectivity index (χ1) is 61.4. The second-order valence-corrected chi connectivity index (χ2v) is 28.3. The summed E-state index contributed by atoms with van der Waals surface area (Å²) in [6.07, 6.45) is 6.26. The average Bonchev–Trinajstić information content (AvgIpc) is 1.71. The van der Waals surface area contributed by atoms with Gasteiger partial charge in [-0.25, -0.2) is 19.7 Å². The third kappa shape index (κ3) is 40.2. The Morgan fingerprint density at radius 1 is 0.360 bits per heavy atom. The van der Waals surface area contributed by atoms with Gasteiger partial charge in [0.1, 0.15) is 31.3 Å². The van der Waals surface area contributed by atoms with Crippen LogP contribution in [-0.2, 0) is 131 Å². The van der Waals surface area contributed by atoms with Gasteiger partial charge in [-0.15, -0.1) is 0 Å². The summed E-state index contributed by atoms with van der Waals surface area (Å²) < 4.78 is 103. The van der Waals surface area contributed by atoms with Crippen molar-refractivity contribution in [3.05, 3.63) is 125 Å². The van der Waals surface area contributed by atoms with Gasteiger partial charge in [0.2, 0.25) is 47.3 Å². The Bertz CT molecular complexity index is 4210. The topological polar surface area (TPSA) is 534 Å². The predicted molar refractivity (Wildman–Crippen MR) is 458 cm³/mol. The lowest BCUT2D eigenvalue weighted by Gasteiger charge is -2.35. The number of nitrogens with two attached hydrogens (primary N) is 4. The molecule has 8 aromatic rings. The van der Waals surface area contributed by atoms with Gasteiger partial charge in [-0.2, -0.15) is 24.9 Å². The molecule has 1 atom stereocenters. The number of nitrogen functional groups attached to an aromatic ring is 3. The zero-order valence-corrected chi connectivity index (χ0v) is 71.0. The molecular weight excluding hydrogens is 1630 g/mol. The molecule has 0 bridgehead atoms. The van der Waals surface area contributed by atoms with E-state index in [1.54, 1.807) is 6.21 Å². The first kappa shape index (κ1) is 98.3. The van der Waals surface area contributed by atoms with Crippen LogP contribution in [0.5, 0.6) is 17.6 Å². The number of benzene rings is 3. The van der Waals surface area contributed by atoms with Crippen LogP contribution in [0.15, 0.2) is 90.4 Å². The number of carbonyl (C=O) groups is 4. The van der Waals surface area contributed by atoms with Crippen molar-refractivity contribution in [2.24, 2.45) is 10.7 Å². The van der Waals surface area contributed by atoms with Crippen molar-refractivity contribution in [1.29, 1.82) is 0 Å². The second kappa shape index (κ2) is 59.4. The summed E-state index contributed by atoms with van der Waals surface area (Å²) in [5.41, 5.74) is 30.9. The van der Waals surface area contributed by atoms with Crippen LogP contribution in [0.4, 0.5) is 28.3 Å². The molecule has 0 radical (unpaired) electrons. The van der Waals surface area contributed by atoms with Crippen molar-refractivity contribution < 1.29 is 104 Å². The van der Waals surface area contributed by atoms with Crippen molar-refractivity contribution in [3.8, 4) is 17.6 Å². The highest BCUT2D eigenvalue weighted by Crippen LogP contribution is 2.34. The van der Waals surface area contributed by atoms with Gasteiger partial charge >= 0.3 is 6.03 Å². The molecule has 684 valence electrons. The highest BCUT2D eigenvalue weighted by atomic mass is 16.6. The molecule has 0 aliphatic carbocycles. The number of anilines is 3. The Morgan fingerprint density at radius 3 is 1.09 bits per heavy atom. The molecule has 1 aliphatic rings. The van der Waals surface area contributed by atoms with Gasteiger partial charge in [0.15, 0.2) is 22.3 Å². The molecule has 0 saturated heterocycles. The fourth-order valence-corrected chi connectivity index (χ4v) is 12.1. The Kier molecular flexibility index (Phi) is 46.8. The van der Waals surface area contributed by atoms with Crippen molar-refractivity contribution in [1.82, 2.24) is 71.1 Å². The standard InChI is InChI=1S/C84H121N19O22/c85-22-28-109-33-38-114-41-36-112-31-26-92-83(107)103-84(19-15-68(104)2-1-27-108-32-37-113-42-45-117-48-51-121-55-63-5-11-66(12-6-63)58-124-78-73-75(95-60-93-73)98-81(87)101-78,20-16-70(105)89-24-29-110-34-39-115-43-46-118-49-52-120-54-62-3-9-65(10-4-62)57-123-77-72-69(18-23-91-72)97-80(86)100-77)21-17-71(106)90-25-30-111-35-40-116-44-47-119-50-53-122-56-64-7-13-67(14-8-64)59-125-79-74-76(96-61-94-74)99-82(88)102-79/h3-14,23,60-61H,1-2,15-22,24-59,85H2,(H,89,105)(H,90,106)(H2,86,97,100)(H2,92,103,107)(H3,87,93,95,98,101)(H3,88,94,96,99,102). The Labute approximate surface area is 725 Å². The monoisotopic (exact) mass is 1750 g/mol. The number of nitrogens with zero attached hydrogens (tertiary/aromatic N) is 9. The predicted octanol–water partition coefficient (Wildman–Crippen LogP) is 4.62. The molecule has 1 unspecified atom stereocenters. The van der Waals surface area contributed by atoms with E-state index in [0.717, 1.165) is 39.1 Å². The van der Waals surface area contributed by atoms with Crippen LogP contribution in [0, 0.1) is 0 Å². The van der Waals surface area contributed by atoms with E-state index in [9.17, 15) is 19.2 Å². The van der Waals surface area contributed by atoms with E-state index in [1.165, 1.54) is 12.7 Å². The maximum absolute atomic E-state index is 13.9. The number of ketones is 1. The van der Waals surface area contributed by atoms with Crippen LogP contribution in [0.2, 0.25) is 0 Å². The summed E-state index contributed by atoms with van der Waals surface area (Å²) in [5, 5.41) is 11.7. The van der Waals surface area contributed by atoms with Crippen LogP contribution in [-0.4, -0.2) is 290 Å². The number of Topliss-reactive ketones (excluding diaryl/α,β-unsaturated/α-hetero) is 1. The minimum Gasteiger partial charge on any atom is -0.471 e. The van der Waals surface area contributed by atoms with Crippen molar-refractivity contribution in [3.63, 3.8) is 0 Å². The van der Waals surface area contributed by atoms with Gasteiger partial charge in [-0.3, -0.25) is 19.4 Å². The zero-order valence-electron chi connectivity index (χ0n) is 71.0. The van der Waals surface area contributed by atoms with E-state index >= 15 is 0 Å². The molecule has 125 heavy (non-hydrogen) atoms.